The number of nitrogens with one attached hydrogen (secondary N) is 1. The van der Waals surface area contributed by atoms with Gasteiger partial charge in [-0.05, 0) is 49.2 Å². The molecule has 1 aliphatic heterocycles. The minimum Gasteiger partial charge on any atom is -0.452 e. The monoisotopic (exact) mass is 484 g/mol. The lowest BCUT2D eigenvalue weighted by Gasteiger charge is -2.14. The van der Waals surface area contributed by atoms with Crippen molar-refractivity contribution in [2.24, 2.45) is 0 Å². The second kappa shape index (κ2) is 10.3. The van der Waals surface area contributed by atoms with Crippen LogP contribution in [0.4, 0.5) is 11.5 Å². The van der Waals surface area contributed by atoms with E-state index in [0.717, 1.165) is 21.7 Å². The van der Waals surface area contributed by atoms with Crippen molar-refractivity contribution in [3.63, 3.8) is 0 Å². The highest BCUT2D eigenvalue weighted by molar-refractivity contribution is 6.19. The number of carbonyl (C=O) groups excluding carboxylic acids is 4. The molecule has 2 aromatic carbocycles. The Balaban J connectivity index is 1.43. The smallest absolute Gasteiger partial charge is 0.338 e. The summed E-state index contributed by atoms with van der Waals surface area (Å²) >= 11 is 0. The van der Waals surface area contributed by atoms with E-state index in [9.17, 15) is 24.4 Å². The van der Waals surface area contributed by atoms with Gasteiger partial charge in [-0.3, -0.25) is 19.3 Å². The number of rotatable bonds is 7. The van der Waals surface area contributed by atoms with Crippen molar-refractivity contribution in [3.8, 4) is 6.07 Å². The number of anilines is 2. The van der Waals surface area contributed by atoms with E-state index in [1.165, 1.54) is 24.3 Å². The van der Waals surface area contributed by atoms with Crippen LogP contribution in [-0.2, 0) is 25.7 Å². The van der Waals surface area contributed by atoms with Crippen LogP contribution in [0.15, 0.2) is 54.6 Å². The molecule has 9 heteroatoms. The van der Waals surface area contributed by atoms with Crippen LogP contribution in [0.3, 0.4) is 0 Å². The standard InChI is InChI=1S/C27H24N4O5/c1-17-18(2)30(15-19-6-4-3-5-7-19)26(22(17)14-28)29-23(32)16-36-27(35)20-8-10-21(11-9-20)31-24(33)12-13-25(31)34/h3-11H,12-13,15-16H2,1-2H3,(H,29,32). The predicted octanol–water partition coefficient (Wildman–Crippen LogP) is 3.47. The summed E-state index contributed by atoms with van der Waals surface area (Å²) in [7, 11) is 0. The zero-order chi connectivity index (χ0) is 25.8. The molecule has 0 aliphatic carbocycles. The van der Waals surface area contributed by atoms with Crippen LogP contribution in [0, 0.1) is 25.2 Å². The Kier molecular flexibility index (Phi) is 6.97. The summed E-state index contributed by atoms with van der Waals surface area (Å²) in [5.41, 5.74) is 3.51. The third-order valence-corrected chi connectivity index (χ3v) is 6.13. The molecule has 0 saturated carbocycles. The Hall–Kier alpha value is -4.71. The first-order chi connectivity index (χ1) is 17.3. The summed E-state index contributed by atoms with van der Waals surface area (Å²) in [5.74, 6) is -1.54. The summed E-state index contributed by atoms with van der Waals surface area (Å²) < 4.78 is 7.00. The Morgan fingerprint density at radius 2 is 1.64 bits per heavy atom. The summed E-state index contributed by atoms with van der Waals surface area (Å²) in [6.07, 6.45) is 0.331. The number of aromatic nitrogens is 1. The molecular weight excluding hydrogens is 460 g/mol. The van der Waals surface area contributed by atoms with Gasteiger partial charge in [-0.25, -0.2) is 4.79 Å². The Morgan fingerprint density at radius 3 is 2.25 bits per heavy atom. The molecule has 0 bridgehead atoms. The van der Waals surface area contributed by atoms with Gasteiger partial charge in [-0.1, -0.05) is 30.3 Å². The molecule has 1 aromatic heterocycles. The second-order valence-electron chi connectivity index (χ2n) is 8.41. The predicted molar refractivity (Wildman–Crippen MR) is 131 cm³/mol. The molecule has 0 radical (unpaired) electrons. The molecule has 1 N–H and O–H groups in total. The molecule has 1 saturated heterocycles. The SMILES string of the molecule is Cc1c(C#N)c(NC(=O)COC(=O)c2ccc(N3C(=O)CCC3=O)cc2)n(Cc2ccccc2)c1C. The Bertz CT molecular complexity index is 1370. The lowest BCUT2D eigenvalue weighted by Crippen LogP contribution is -2.28. The largest absolute Gasteiger partial charge is 0.452 e. The molecule has 3 aromatic rings. The van der Waals surface area contributed by atoms with Gasteiger partial charge in [0, 0.05) is 25.1 Å². The van der Waals surface area contributed by atoms with E-state index in [1.54, 1.807) is 0 Å². The summed E-state index contributed by atoms with van der Waals surface area (Å²) in [6.45, 7) is 3.60. The number of esters is 1. The molecule has 9 nitrogen and oxygen atoms in total. The maximum Gasteiger partial charge on any atom is 0.338 e. The number of carbonyl (C=O) groups is 4. The van der Waals surface area contributed by atoms with Gasteiger partial charge in [0.05, 0.1) is 16.8 Å². The van der Waals surface area contributed by atoms with Crippen LogP contribution < -0.4 is 10.2 Å². The lowest BCUT2D eigenvalue weighted by atomic mass is 10.2. The Morgan fingerprint density at radius 1 is 1.00 bits per heavy atom. The van der Waals surface area contributed by atoms with Crippen LogP contribution in [-0.4, -0.2) is 34.9 Å². The third kappa shape index (κ3) is 4.88. The zero-order valence-electron chi connectivity index (χ0n) is 19.9. The van der Waals surface area contributed by atoms with E-state index in [2.05, 4.69) is 11.4 Å². The molecule has 2 heterocycles. The highest BCUT2D eigenvalue weighted by atomic mass is 16.5. The van der Waals surface area contributed by atoms with Gasteiger partial charge < -0.3 is 14.6 Å². The fourth-order valence-corrected chi connectivity index (χ4v) is 4.09. The fourth-order valence-electron chi connectivity index (χ4n) is 4.09. The number of nitrogens with zero attached hydrogens (tertiary/aromatic N) is 3. The van der Waals surface area contributed by atoms with Crippen LogP contribution in [0.2, 0.25) is 0 Å². The third-order valence-electron chi connectivity index (χ3n) is 6.13. The van der Waals surface area contributed by atoms with E-state index in [-0.39, 0.29) is 30.2 Å². The molecule has 36 heavy (non-hydrogen) atoms. The van der Waals surface area contributed by atoms with E-state index in [4.69, 9.17) is 4.74 Å². The summed E-state index contributed by atoms with van der Waals surface area (Å²) in [6, 6.07) is 17.6. The second-order valence-corrected chi connectivity index (χ2v) is 8.41. The maximum atomic E-state index is 12.6. The van der Waals surface area contributed by atoms with Crippen LogP contribution >= 0.6 is 0 Å². The van der Waals surface area contributed by atoms with Crippen molar-refractivity contribution >= 4 is 35.2 Å². The minimum atomic E-state index is -0.733. The van der Waals surface area contributed by atoms with Gasteiger partial charge in [-0.15, -0.1) is 0 Å². The van der Waals surface area contributed by atoms with Crippen LogP contribution in [0.25, 0.3) is 0 Å². The molecule has 0 unspecified atom stereocenters. The molecule has 4 rings (SSSR count). The van der Waals surface area contributed by atoms with Crippen molar-refractivity contribution in [1.82, 2.24) is 4.57 Å². The van der Waals surface area contributed by atoms with Crippen molar-refractivity contribution in [3.05, 3.63) is 82.5 Å². The van der Waals surface area contributed by atoms with Gasteiger partial charge in [0.2, 0.25) is 11.8 Å². The van der Waals surface area contributed by atoms with Gasteiger partial charge in [0.15, 0.2) is 6.61 Å². The first-order valence-corrected chi connectivity index (χ1v) is 11.4. The van der Waals surface area contributed by atoms with Gasteiger partial charge in [0.1, 0.15) is 11.9 Å². The summed E-state index contributed by atoms with van der Waals surface area (Å²) in [4.78, 5) is 49.9. The van der Waals surface area contributed by atoms with Gasteiger partial charge in [-0.2, -0.15) is 5.26 Å². The van der Waals surface area contributed by atoms with Crippen LogP contribution in [0.5, 0.6) is 0 Å². The highest BCUT2D eigenvalue weighted by Crippen LogP contribution is 2.27. The van der Waals surface area contributed by atoms with E-state index in [0.29, 0.717) is 23.6 Å². The number of hydrogen-bond donors (Lipinski definition) is 1. The molecule has 0 atom stereocenters. The van der Waals surface area contributed by atoms with Crippen molar-refractivity contribution in [1.29, 1.82) is 5.26 Å². The van der Waals surface area contributed by atoms with Gasteiger partial charge >= 0.3 is 5.97 Å². The average Bonchev–Trinajstić information content (AvgIpc) is 3.33. The van der Waals surface area contributed by atoms with Crippen molar-refractivity contribution < 1.29 is 23.9 Å². The molecule has 1 fully saturated rings. The van der Waals surface area contributed by atoms with E-state index in [1.807, 2.05) is 48.7 Å². The molecule has 1 aliphatic rings. The number of benzene rings is 2. The number of nitriles is 1. The number of imide groups is 1. The fraction of sp³-hybridized carbons (Fsp3) is 0.222. The Labute approximate surface area is 207 Å². The summed E-state index contributed by atoms with van der Waals surface area (Å²) in [5, 5.41) is 12.4. The first-order valence-electron chi connectivity index (χ1n) is 11.4. The van der Waals surface area contributed by atoms with Crippen LogP contribution in [0.1, 0.15) is 45.6 Å². The highest BCUT2D eigenvalue weighted by Gasteiger charge is 2.30. The molecule has 182 valence electrons. The average molecular weight is 485 g/mol. The maximum absolute atomic E-state index is 12.6. The number of ether oxygens (including phenoxy) is 1. The minimum absolute atomic E-state index is 0.166. The van der Waals surface area contributed by atoms with E-state index < -0.39 is 18.5 Å². The first kappa shape index (κ1) is 24.4. The quantitative estimate of drug-likeness (QED) is 0.405. The number of hydrogen-bond acceptors (Lipinski definition) is 6. The lowest BCUT2D eigenvalue weighted by molar-refractivity contribution is -0.121. The normalized spacial score (nSPS) is 13.0. The molecular formula is C27H24N4O5. The zero-order valence-corrected chi connectivity index (χ0v) is 19.9. The van der Waals surface area contributed by atoms with Crippen molar-refractivity contribution in [2.45, 2.75) is 33.2 Å². The topological polar surface area (TPSA) is 122 Å². The van der Waals surface area contributed by atoms with Gasteiger partial charge in [0.25, 0.3) is 5.91 Å². The molecule has 0 spiro atoms. The van der Waals surface area contributed by atoms with Crippen molar-refractivity contribution in [2.75, 3.05) is 16.8 Å². The number of amides is 3. The van der Waals surface area contributed by atoms with E-state index >= 15 is 0 Å². The molecule has 3 amide bonds.